The zero-order valence-corrected chi connectivity index (χ0v) is 9.66. The number of hydrogen-bond donors (Lipinski definition) is 0. The first-order valence-corrected chi connectivity index (χ1v) is 5.50. The minimum atomic E-state index is -0.108. The number of nitriles is 1. The molecule has 1 unspecified atom stereocenters. The Morgan fingerprint density at radius 1 is 1.56 bits per heavy atom. The molecule has 0 aliphatic carbocycles. The van der Waals surface area contributed by atoms with Crippen LogP contribution in [0.4, 0.5) is 5.69 Å². The highest BCUT2D eigenvalue weighted by Gasteiger charge is 2.29. The van der Waals surface area contributed by atoms with Crippen LogP contribution in [0.5, 0.6) is 0 Å². The van der Waals surface area contributed by atoms with Crippen LogP contribution in [0, 0.1) is 18.3 Å². The van der Waals surface area contributed by atoms with E-state index < -0.39 is 0 Å². The van der Waals surface area contributed by atoms with E-state index in [1.807, 2.05) is 13.0 Å². The molecule has 0 N–H and O–H groups in total. The lowest BCUT2D eigenvalue weighted by molar-refractivity contribution is -0.117. The maximum atomic E-state index is 11.6. The summed E-state index contributed by atoms with van der Waals surface area (Å²) < 4.78 is 0. The topological polar surface area (TPSA) is 44.1 Å². The highest BCUT2D eigenvalue weighted by molar-refractivity contribution is 6.24. The van der Waals surface area contributed by atoms with Crippen molar-refractivity contribution in [3.05, 3.63) is 29.3 Å². The first-order chi connectivity index (χ1) is 7.61. The molecule has 1 amide bonds. The van der Waals surface area contributed by atoms with Gasteiger partial charge in [-0.05, 0) is 30.7 Å². The summed E-state index contributed by atoms with van der Waals surface area (Å²) >= 11 is 5.94. The highest BCUT2D eigenvalue weighted by Crippen LogP contribution is 2.25. The Kier molecular flexibility index (Phi) is 2.84. The second-order valence-corrected chi connectivity index (χ2v) is 4.53. The molecular formula is C12H11ClN2O. The first-order valence-electron chi connectivity index (χ1n) is 5.07. The third-order valence-electron chi connectivity index (χ3n) is 2.72. The minimum Gasteiger partial charge on any atom is -0.311 e. The van der Waals surface area contributed by atoms with Crippen molar-refractivity contribution in [2.75, 3.05) is 11.4 Å². The molecule has 0 saturated carbocycles. The second kappa shape index (κ2) is 4.15. The number of rotatable bonds is 1. The Bertz CT molecular complexity index is 478. The summed E-state index contributed by atoms with van der Waals surface area (Å²) in [6, 6.07) is 7.48. The average molecular weight is 235 g/mol. The Hall–Kier alpha value is -1.53. The van der Waals surface area contributed by atoms with Gasteiger partial charge in [0.15, 0.2) is 0 Å². The van der Waals surface area contributed by atoms with Gasteiger partial charge in [0.2, 0.25) is 5.91 Å². The van der Waals surface area contributed by atoms with Gasteiger partial charge in [-0.2, -0.15) is 5.26 Å². The molecule has 1 saturated heterocycles. The van der Waals surface area contributed by atoms with Crippen molar-refractivity contribution in [3.8, 4) is 6.07 Å². The van der Waals surface area contributed by atoms with Crippen LogP contribution in [0.2, 0.25) is 0 Å². The number of anilines is 1. The largest absolute Gasteiger partial charge is 0.311 e. The van der Waals surface area contributed by atoms with Gasteiger partial charge in [-0.3, -0.25) is 4.79 Å². The van der Waals surface area contributed by atoms with Crippen LogP contribution in [0.25, 0.3) is 0 Å². The van der Waals surface area contributed by atoms with Crippen LogP contribution in [-0.2, 0) is 4.79 Å². The number of hydrogen-bond acceptors (Lipinski definition) is 2. The molecule has 1 aromatic carbocycles. The van der Waals surface area contributed by atoms with E-state index in [4.69, 9.17) is 16.9 Å². The quantitative estimate of drug-likeness (QED) is 0.700. The number of nitrogens with zero attached hydrogens (tertiary/aromatic N) is 2. The van der Waals surface area contributed by atoms with E-state index >= 15 is 0 Å². The van der Waals surface area contributed by atoms with Gasteiger partial charge in [0.05, 0.1) is 17.0 Å². The van der Waals surface area contributed by atoms with Crippen LogP contribution in [0.15, 0.2) is 18.2 Å². The molecular weight excluding hydrogens is 224 g/mol. The molecule has 0 radical (unpaired) electrons. The number of carbonyl (C=O) groups excluding carboxylic acids is 1. The zero-order chi connectivity index (χ0) is 11.7. The van der Waals surface area contributed by atoms with E-state index in [-0.39, 0.29) is 11.3 Å². The van der Waals surface area contributed by atoms with E-state index in [9.17, 15) is 4.79 Å². The van der Waals surface area contributed by atoms with Crippen molar-refractivity contribution in [2.45, 2.75) is 18.7 Å². The van der Waals surface area contributed by atoms with Crippen molar-refractivity contribution >= 4 is 23.2 Å². The molecule has 0 bridgehead atoms. The fourth-order valence-electron chi connectivity index (χ4n) is 1.85. The normalized spacial score (nSPS) is 19.9. The lowest BCUT2D eigenvalue weighted by Crippen LogP contribution is -2.24. The van der Waals surface area contributed by atoms with E-state index in [0.29, 0.717) is 18.5 Å². The zero-order valence-electron chi connectivity index (χ0n) is 8.90. The van der Waals surface area contributed by atoms with Gasteiger partial charge in [0, 0.05) is 18.7 Å². The summed E-state index contributed by atoms with van der Waals surface area (Å²) in [6.45, 7) is 2.41. The Balaban J connectivity index is 2.32. The average Bonchev–Trinajstić information content (AvgIpc) is 2.58. The SMILES string of the molecule is Cc1cc(N2CC(Cl)CC2=O)ccc1C#N. The molecule has 16 heavy (non-hydrogen) atoms. The van der Waals surface area contributed by atoms with Gasteiger partial charge in [-0.25, -0.2) is 0 Å². The summed E-state index contributed by atoms with van der Waals surface area (Å²) in [5.41, 5.74) is 2.34. The summed E-state index contributed by atoms with van der Waals surface area (Å²) in [7, 11) is 0. The second-order valence-electron chi connectivity index (χ2n) is 3.92. The molecule has 1 aromatic rings. The molecule has 1 aliphatic heterocycles. The molecule has 1 atom stereocenters. The van der Waals surface area contributed by atoms with Crippen molar-refractivity contribution in [3.63, 3.8) is 0 Å². The molecule has 82 valence electrons. The first kappa shape index (κ1) is 11.0. The highest BCUT2D eigenvalue weighted by atomic mass is 35.5. The van der Waals surface area contributed by atoms with Gasteiger partial charge >= 0.3 is 0 Å². The number of alkyl halides is 1. The minimum absolute atomic E-state index is 0.0455. The molecule has 3 nitrogen and oxygen atoms in total. The number of benzene rings is 1. The molecule has 2 rings (SSSR count). The van der Waals surface area contributed by atoms with Crippen LogP contribution in [0.1, 0.15) is 17.5 Å². The number of amides is 1. The third kappa shape index (κ3) is 1.89. The van der Waals surface area contributed by atoms with Crippen molar-refractivity contribution in [1.82, 2.24) is 0 Å². The summed E-state index contributed by atoms with van der Waals surface area (Å²) in [4.78, 5) is 13.3. The lowest BCUT2D eigenvalue weighted by Gasteiger charge is -2.16. The van der Waals surface area contributed by atoms with Crippen LogP contribution < -0.4 is 4.90 Å². The van der Waals surface area contributed by atoms with Gasteiger partial charge in [-0.1, -0.05) is 0 Å². The summed E-state index contributed by atoms with van der Waals surface area (Å²) in [5.74, 6) is 0.0455. The third-order valence-corrected chi connectivity index (χ3v) is 3.01. The number of aryl methyl sites for hydroxylation is 1. The van der Waals surface area contributed by atoms with Gasteiger partial charge < -0.3 is 4.90 Å². The van der Waals surface area contributed by atoms with Crippen LogP contribution in [0.3, 0.4) is 0 Å². The number of halogens is 1. The van der Waals surface area contributed by atoms with E-state index in [2.05, 4.69) is 6.07 Å². The molecule has 0 spiro atoms. The predicted octanol–water partition coefficient (Wildman–Crippen LogP) is 2.21. The van der Waals surface area contributed by atoms with Crippen LogP contribution >= 0.6 is 11.6 Å². The van der Waals surface area contributed by atoms with E-state index in [0.717, 1.165) is 11.3 Å². The lowest BCUT2D eigenvalue weighted by atomic mass is 10.1. The molecule has 1 aliphatic rings. The maximum absolute atomic E-state index is 11.6. The van der Waals surface area contributed by atoms with Gasteiger partial charge in [0.1, 0.15) is 0 Å². The van der Waals surface area contributed by atoms with E-state index in [1.165, 1.54) is 0 Å². The summed E-state index contributed by atoms with van der Waals surface area (Å²) in [6.07, 6.45) is 0.389. The molecule has 1 heterocycles. The van der Waals surface area contributed by atoms with Crippen molar-refractivity contribution in [1.29, 1.82) is 5.26 Å². The Morgan fingerprint density at radius 2 is 2.31 bits per heavy atom. The van der Waals surface area contributed by atoms with Crippen molar-refractivity contribution < 1.29 is 4.79 Å². The fourth-order valence-corrected chi connectivity index (χ4v) is 2.12. The Morgan fingerprint density at radius 3 is 2.81 bits per heavy atom. The smallest absolute Gasteiger partial charge is 0.228 e. The standard InChI is InChI=1S/C12H11ClN2O/c1-8-4-11(3-2-9(8)6-14)15-7-10(13)5-12(15)16/h2-4,10H,5,7H2,1H3. The Labute approximate surface area is 99.2 Å². The molecule has 0 aromatic heterocycles. The van der Waals surface area contributed by atoms with Gasteiger partial charge in [0.25, 0.3) is 0 Å². The van der Waals surface area contributed by atoms with Crippen LogP contribution in [-0.4, -0.2) is 17.8 Å². The van der Waals surface area contributed by atoms with Crippen molar-refractivity contribution in [2.24, 2.45) is 0 Å². The molecule has 1 fully saturated rings. The van der Waals surface area contributed by atoms with E-state index in [1.54, 1.807) is 17.0 Å². The van der Waals surface area contributed by atoms with Gasteiger partial charge in [-0.15, -0.1) is 11.6 Å². The number of carbonyl (C=O) groups is 1. The fraction of sp³-hybridized carbons (Fsp3) is 0.333. The molecule has 4 heteroatoms. The monoisotopic (exact) mass is 234 g/mol. The predicted molar refractivity (Wildman–Crippen MR) is 62.5 cm³/mol. The summed E-state index contributed by atoms with van der Waals surface area (Å²) in [5, 5.41) is 8.71. The maximum Gasteiger partial charge on any atom is 0.228 e.